The molecule has 0 amide bonds. The van der Waals surface area contributed by atoms with E-state index in [1.54, 1.807) is 49.4 Å². The van der Waals surface area contributed by atoms with E-state index < -0.39 is 17.5 Å². The summed E-state index contributed by atoms with van der Waals surface area (Å²) < 4.78 is 52.2. The van der Waals surface area contributed by atoms with Gasteiger partial charge in [0.25, 0.3) is 0 Å². The molecule has 0 bridgehead atoms. The minimum Gasteiger partial charge on any atom is -0.494 e. The van der Waals surface area contributed by atoms with Crippen molar-refractivity contribution < 1.29 is 22.6 Å². The van der Waals surface area contributed by atoms with Crippen molar-refractivity contribution in [3.8, 4) is 22.6 Å². The Morgan fingerprint density at radius 2 is 1.41 bits per heavy atom. The molecule has 0 N–H and O–H groups in total. The number of rotatable bonds is 6. The third-order valence-electron chi connectivity index (χ3n) is 4.36. The highest BCUT2D eigenvalue weighted by Gasteiger charge is 2.13. The molecule has 3 rings (SSSR count). The number of benzene rings is 3. The van der Waals surface area contributed by atoms with Crippen molar-refractivity contribution in [1.29, 1.82) is 0 Å². The maximum atomic E-state index is 14.0. The summed E-state index contributed by atoms with van der Waals surface area (Å²) in [6.07, 6.45) is 0.428. The van der Waals surface area contributed by atoms with Crippen LogP contribution in [0.15, 0.2) is 54.6 Å². The van der Waals surface area contributed by atoms with E-state index in [0.29, 0.717) is 23.3 Å². The minimum absolute atomic E-state index is 0.0801. The Morgan fingerprint density at radius 1 is 0.778 bits per heavy atom. The quantitative estimate of drug-likeness (QED) is 0.535. The second-order valence-electron chi connectivity index (χ2n) is 6.03. The summed E-state index contributed by atoms with van der Waals surface area (Å²) in [7, 11) is 1.41. The molecular weight excluding hydrogens is 353 g/mol. The van der Waals surface area contributed by atoms with Gasteiger partial charge in [-0.15, -0.1) is 0 Å². The first-order valence-corrected chi connectivity index (χ1v) is 8.56. The maximum Gasteiger partial charge on any atom is 0.165 e. The SMILES string of the molecule is CCc1ccc(COc2ccc(-c3ccc(OC)c(F)c3)cc2)c(F)c1F. The normalized spacial score (nSPS) is 10.7. The summed E-state index contributed by atoms with van der Waals surface area (Å²) in [6, 6.07) is 14.8. The molecule has 0 spiro atoms. The van der Waals surface area contributed by atoms with E-state index in [1.807, 2.05) is 0 Å². The highest BCUT2D eigenvalue weighted by atomic mass is 19.2. The molecule has 0 radical (unpaired) electrons. The van der Waals surface area contributed by atoms with Gasteiger partial charge in [0.15, 0.2) is 23.2 Å². The van der Waals surface area contributed by atoms with Crippen LogP contribution >= 0.6 is 0 Å². The molecule has 0 aliphatic carbocycles. The molecule has 0 aliphatic rings. The van der Waals surface area contributed by atoms with Crippen molar-refractivity contribution in [2.45, 2.75) is 20.0 Å². The van der Waals surface area contributed by atoms with Crippen LogP contribution in [-0.2, 0) is 13.0 Å². The fourth-order valence-corrected chi connectivity index (χ4v) is 2.76. The number of hydrogen-bond donors (Lipinski definition) is 0. The molecule has 0 heterocycles. The highest BCUT2D eigenvalue weighted by molar-refractivity contribution is 5.65. The van der Waals surface area contributed by atoms with Gasteiger partial charge in [0.05, 0.1) is 7.11 Å². The second kappa shape index (κ2) is 8.16. The summed E-state index contributed by atoms with van der Waals surface area (Å²) in [5, 5.41) is 0. The Balaban J connectivity index is 1.71. The van der Waals surface area contributed by atoms with Crippen LogP contribution in [0.2, 0.25) is 0 Å². The Morgan fingerprint density at radius 3 is 2.04 bits per heavy atom. The topological polar surface area (TPSA) is 18.5 Å². The molecule has 0 aromatic heterocycles. The van der Waals surface area contributed by atoms with E-state index >= 15 is 0 Å². The van der Waals surface area contributed by atoms with Gasteiger partial charge in [-0.1, -0.05) is 37.3 Å². The van der Waals surface area contributed by atoms with Gasteiger partial charge in [-0.05, 0) is 47.4 Å². The Bertz CT molecular complexity index is 937. The molecule has 3 aromatic carbocycles. The zero-order valence-corrected chi connectivity index (χ0v) is 15.1. The molecule has 0 fully saturated rings. The molecule has 140 valence electrons. The molecule has 0 atom stereocenters. The highest BCUT2D eigenvalue weighted by Crippen LogP contribution is 2.27. The van der Waals surface area contributed by atoms with Crippen LogP contribution in [0.25, 0.3) is 11.1 Å². The maximum absolute atomic E-state index is 14.0. The molecule has 0 unspecified atom stereocenters. The third-order valence-corrected chi connectivity index (χ3v) is 4.36. The molecule has 0 saturated heterocycles. The Kier molecular flexibility index (Phi) is 5.69. The van der Waals surface area contributed by atoms with Gasteiger partial charge in [-0.25, -0.2) is 13.2 Å². The van der Waals surface area contributed by atoms with Crippen LogP contribution in [0.3, 0.4) is 0 Å². The Hall–Kier alpha value is -2.95. The molecule has 2 nitrogen and oxygen atoms in total. The number of hydrogen-bond acceptors (Lipinski definition) is 2. The molecular formula is C22H19F3O2. The number of halogens is 3. The fraction of sp³-hybridized carbons (Fsp3) is 0.182. The van der Waals surface area contributed by atoms with E-state index in [9.17, 15) is 13.2 Å². The first-order valence-electron chi connectivity index (χ1n) is 8.56. The van der Waals surface area contributed by atoms with Gasteiger partial charge < -0.3 is 9.47 Å². The standard InChI is InChI=1S/C22H19F3O2/c1-3-14-4-5-17(22(25)21(14)24)13-27-18-9-6-15(7-10-18)16-8-11-20(26-2)19(23)12-16/h4-12H,3,13H2,1-2H3. The van der Waals surface area contributed by atoms with Crippen molar-refractivity contribution in [3.63, 3.8) is 0 Å². The first kappa shape index (κ1) is 18.8. The zero-order valence-electron chi connectivity index (χ0n) is 15.1. The van der Waals surface area contributed by atoms with Crippen molar-refractivity contribution >= 4 is 0 Å². The van der Waals surface area contributed by atoms with Crippen molar-refractivity contribution in [2.75, 3.05) is 7.11 Å². The van der Waals surface area contributed by atoms with Gasteiger partial charge in [-0.3, -0.25) is 0 Å². The lowest BCUT2D eigenvalue weighted by molar-refractivity contribution is 0.297. The lowest BCUT2D eigenvalue weighted by Gasteiger charge is -2.10. The smallest absolute Gasteiger partial charge is 0.165 e. The number of aryl methyl sites for hydroxylation is 1. The predicted octanol–water partition coefficient (Wildman–Crippen LogP) is 5.92. The van der Waals surface area contributed by atoms with E-state index in [0.717, 1.165) is 5.56 Å². The average Bonchev–Trinajstić information content (AvgIpc) is 2.69. The lowest BCUT2D eigenvalue weighted by Crippen LogP contribution is -2.03. The number of ether oxygens (including phenoxy) is 2. The van der Waals surface area contributed by atoms with Gasteiger partial charge in [0.1, 0.15) is 12.4 Å². The Labute approximate surface area is 156 Å². The van der Waals surface area contributed by atoms with Crippen molar-refractivity contribution in [3.05, 3.63) is 83.2 Å². The zero-order chi connectivity index (χ0) is 19.4. The van der Waals surface area contributed by atoms with Gasteiger partial charge >= 0.3 is 0 Å². The van der Waals surface area contributed by atoms with Crippen LogP contribution in [0.4, 0.5) is 13.2 Å². The monoisotopic (exact) mass is 372 g/mol. The largest absolute Gasteiger partial charge is 0.494 e. The van der Waals surface area contributed by atoms with Crippen LogP contribution < -0.4 is 9.47 Å². The summed E-state index contributed by atoms with van der Waals surface area (Å²) in [5.74, 6) is -1.45. The van der Waals surface area contributed by atoms with E-state index in [2.05, 4.69) is 0 Å². The molecule has 0 saturated carbocycles. The molecule has 0 aliphatic heterocycles. The minimum atomic E-state index is -0.875. The number of methoxy groups -OCH3 is 1. The van der Waals surface area contributed by atoms with Crippen LogP contribution in [-0.4, -0.2) is 7.11 Å². The predicted molar refractivity (Wildman–Crippen MR) is 98.5 cm³/mol. The first-order chi connectivity index (χ1) is 13.0. The van der Waals surface area contributed by atoms with Crippen LogP contribution in [0.1, 0.15) is 18.1 Å². The van der Waals surface area contributed by atoms with E-state index in [1.165, 1.54) is 19.2 Å². The lowest BCUT2D eigenvalue weighted by atomic mass is 10.1. The van der Waals surface area contributed by atoms with E-state index in [4.69, 9.17) is 9.47 Å². The molecule has 27 heavy (non-hydrogen) atoms. The summed E-state index contributed by atoms with van der Waals surface area (Å²) in [5.41, 5.74) is 2.00. The molecule has 5 heteroatoms. The molecule has 3 aromatic rings. The third kappa shape index (κ3) is 4.08. The van der Waals surface area contributed by atoms with E-state index in [-0.39, 0.29) is 17.9 Å². The van der Waals surface area contributed by atoms with Crippen molar-refractivity contribution in [1.82, 2.24) is 0 Å². The summed E-state index contributed by atoms with van der Waals surface area (Å²) >= 11 is 0. The second-order valence-corrected chi connectivity index (χ2v) is 6.03. The van der Waals surface area contributed by atoms with Gasteiger partial charge in [0.2, 0.25) is 0 Å². The van der Waals surface area contributed by atoms with Crippen LogP contribution in [0.5, 0.6) is 11.5 Å². The van der Waals surface area contributed by atoms with Crippen LogP contribution in [0, 0.1) is 17.5 Å². The average molecular weight is 372 g/mol. The fourth-order valence-electron chi connectivity index (χ4n) is 2.76. The van der Waals surface area contributed by atoms with Gasteiger partial charge in [0, 0.05) is 5.56 Å². The van der Waals surface area contributed by atoms with Crippen molar-refractivity contribution in [2.24, 2.45) is 0 Å². The summed E-state index contributed by atoms with van der Waals surface area (Å²) in [6.45, 7) is 1.69. The van der Waals surface area contributed by atoms with Gasteiger partial charge in [-0.2, -0.15) is 0 Å². The summed E-state index contributed by atoms with van der Waals surface area (Å²) in [4.78, 5) is 0.